The molecule has 4 unspecified atom stereocenters. The first-order valence-corrected chi connectivity index (χ1v) is 13.3. The lowest BCUT2D eigenvalue weighted by Gasteiger charge is -2.28. The van der Waals surface area contributed by atoms with Crippen molar-refractivity contribution in [2.24, 2.45) is 17.8 Å². The molecule has 11 heteroatoms. The van der Waals surface area contributed by atoms with Crippen molar-refractivity contribution in [1.29, 1.82) is 0 Å². The second-order valence-corrected chi connectivity index (χ2v) is 12.0. The van der Waals surface area contributed by atoms with Crippen LogP contribution in [0.3, 0.4) is 0 Å². The molecule has 1 aromatic rings. The molecule has 2 aliphatic rings. The molecule has 0 saturated heterocycles. The van der Waals surface area contributed by atoms with E-state index in [0.29, 0.717) is 18.4 Å². The first-order chi connectivity index (χ1) is 13.0. The van der Waals surface area contributed by atoms with Gasteiger partial charge in [0.25, 0.3) is 0 Å². The molecule has 0 aliphatic heterocycles. The molecule has 1 aromatic carbocycles. The van der Waals surface area contributed by atoms with Crippen LogP contribution in [0.25, 0.3) is 0 Å². The van der Waals surface area contributed by atoms with Gasteiger partial charge in [-0.25, -0.2) is 13.2 Å². The number of hydrogen-bond donors (Lipinski definition) is 0. The van der Waals surface area contributed by atoms with Crippen molar-refractivity contribution in [3.8, 4) is 0 Å². The number of hydrogen-bond acceptors (Lipinski definition) is 7. The van der Waals surface area contributed by atoms with Gasteiger partial charge in [0, 0.05) is 16.6 Å². The van der Waals surface area contributed by atoms with Gasteiger partial charge in [-0.1, -0.05) is 0 Å². The molecule has 28 heavy (non-hydrogen) atoms. The Labute approximate surface area is 203 Å². The molecular formula is C17H16I3O7S-. The Morgan fingerprint density at radius 2 is 1.86 bits per heavy atom. The fourth-order valence-corrected chi connectivity index (χ4v) is 6.61. The summed E-state index contributed by atoms with van der Waals surface area (Å²) in [5.74, 6) is -1.94. The first kappa shape index (κ1) is 22.9. The van der Waals surface area contributed by atoms with Gasteiger partial charge < -0.3 is 14.0 Å². The maximum absolute atomic E-state index is 12.7. The number of carbonyl (C=O) groups excluding carboxylic acids is 2. The average Bonchev–Trinajstić information content (AvgIpc) is 3.17. The molecule has 0 spiro atoms. The van der Waals surface area contributed by atoms with E-state index in [9.17, 15) is 22.6 Å². The minimum absolute atomic E-state index is 0.134. The van der Waals surface area contributed by atoms with Crippen LogP contribution in [-0.2, 0) is 24.4 Å². The quantitative estimate of drug-likeness (QED) is 0.191. The fraction of sp³-hybridized carbons (Fsp3) is 0.529. The number of ether oxygens (including phenoxy) is 2. The Morgan fingerprint density at radius 3 is 2.50 bits per heavy atom. The van der Waals surface area contributed by atoms with E-state index < -0.39 is 40.3 Å². The van der Waals surface area contributed by atoms with Gasteiger partial charge in [0.05, 0.1) is 27.4 Å². The van der Waals surface area contributed by atoms with Crippen LogP contribution in [-0.4, -0.2) is 43.4 Å². The number of benzene rings is 1. The summed E-state index contributed by atoms with van der Waals surface area (Å²) in [6.07, 6.45) is 1.77. The van der Waals surface area contributed by atoms with Gasteiger partial charge in [0.1, 0.15) is 12.7 Å². The molecule has 2 aliphatic carbocycles. The van der Waals surface area contributed by atoms with E-state index in [4.69, 9.17) is 9.47 Å². The van der Waals surface area contributed by atoms with E-state index in [0.717, 1.165) is 17.1 Å². The van der Waals surface area contributed by atoms with Gasteiger partial charge in [0.15, 0.2) is 0 Å². The summed E-state index contributed by atoms with van der Waals surface area (Å²) in [6.45, 7) is -0.442. The molecule has 0 amide bonds. The summed E-state index contributed by atoms with van der Waals surface area (Å²) in [6, 6.07) is 3.76. The molecule has 0 heterocycles. The molecule has 0 radical (unpaired) electrons. The number of carbonyl (C=O) groups is 2. The van der Waals surface area contributed by atoms with Crippen LogP contribution in [0.1, 0.15) is 29.6 Å². The van der Waals surface area contributed by atoms with E-state index in [1.54, 1.807) is 6.07 Å². The second kappa shape index (κ2) is 9.18. The maximum Gasteiger partial charge on any atom is 0.339 e. The van der Waals surface area contributed by atoms with Crippen molar-refractivity contribution in [2.75, 3.05) is 12.4 Å². The fourth-order valence-electron chi connectivity index (χ4n) is 3.95. The Hall–Kier alpha value is 0.260. The van der Waals surface area contributed by atoms with Crippen LogP contribution in [0.5, 0.6) is 0 Å². The number of fused-ring (bicyclic) bond motifs is 2. The Kier molecular flexibility index (Phi) is 7.52. The van der Waals surface area contributed by atoms with Crippen LogP contribution in [0.15, 0.2) is 12.1 Å². The largest absolute Gasteiger partial charge is 0.748 e. The molecule has 3 rings (SSSR count). The van der Waals surface area contributed by atoms with Crippen molar-refractivity contribution < 1.29 is 32.0 Å². The predicted octanol–water partition coefficient (Wildman–Crippen LogP) is 3.16. The third kappa shape index (κ3) is 5.49. The SMILES string of the molecule is O=C(OC1CC2CC(C(=O)OCCS(=O)(=O)[O-])C1C2)c1cc(I)cc(I)c1I. The first-order valence-electron chi connectivity index (χ1n) is 8.51. The number of rotatable bonds is 6. The van der Waals surface area contributed by atoms with Crippen LogP contribution >= 0.6 is 67.8 Å². The lowest BCUT2D eigenvalue weighted by molar-refractivity contribution is -0.151. The molecule has 4 atom stereocenters. The minimum atomic E-state index is -4.42. The molecule has 0 N–H and O–H groups in total. The summed E-state index contributed by atoms with van der Waals surface area (Å²) in [5.41, 5.74) is 0.513. The molecule has 2 bridgehead atoms. The maximum atomic E-state index is 12.7. The summed E-state index contributed by atoms with van der Waals surface area (Å²) in [7, 11) is -4.42. The Balaban J connectivity index is 1.64. The summed E-state index contributed by atoms with van der Waals surface area (Å²) in [4.78, 5) is 25.0. The Bertz CT molecular complexity index is 902. The van der Waals surface area contributed by atoms with Gasteiger partial charge in [-0.2, -0.15) is 0 Å². The lowest BCUT2D eigenvalue weighted by atomic mass is 9.86. The van der Waals surface area contributed by atoms with Crippen molar-refractivity contribution >= 4 is 89.8 Å². The Morgan fingerprint density at radius 1 is 1.14 bits per heavy atom. The van der Waals surface area contributed by atoms with E-state index in [-0.39, 0.29) is 17.9 Å². The summed E-state index contributed by atoms with van der Waals surface area (Å²) >= 11 is 6.45. The van der Waals surface area contributed by atoms with E-state index in [1.807, 2.05) is 6.07 Å². The van der Waals surface area contributed by atoms with Gasteiger partial charge in [-0.15, -0.1) is 0 Å². The molecule has 2 saturated carbocycles. The van der Waals surface area contributed by atoms with Crippen LogP contribution in [0, 0.1) is 28.5 Å². The minimum Gasteiger partial charge on any atom is -0.748 e. The zero-order valence-electron chi connectivity index (χ0n) is 14.4. The van der Waals surface area contributed by atoms with E-state index >= 15 is 0 Å². The van der Waals surface area contributed by atoms with E-state index in [1.165, 1.54) is 0 Å². The standard InChI is InChI=1S/C17H17I3O7S/c18-9-6-12(15(20)13(19)7-9)17(22)27-14-5-8-3-10(14)11(4-8)16(21)26-1-2-28(23,24)25/h6-8,10-11,14H,1-5H2,(H,23,24,25)/p-1. The highest BCUT2D eigenvalue weighted by Gasteiger charge is 2.51. The predicted molar refractivity (Wildman–Crippen MR) is 124 cm³/mol. The number of esters is 2. The van der Waals surface area contributed by atoms with Gasteiger partial charge in [-0.05, 0) is 105 Å². The van der Waals surface area contributed by atoms with Gasteiger partial charge in [-0.3, -0.25) is 4.79 Å². The topological polar surface area (TPSA) is 110 Å². The molecular weight excluding hydrogens is 729 g/mol. The van der Waals surface area contributed by atoms with Crippen molar-refractivity contribution in [2.45, 2.75) is 25.4 Å². The van der Waals surface area contributed by atoms with Crippen molar-refractivity contribution in [3.05, 3.63) is 28.4 Å². The molecule has 0 aromatic heterocycles. The summed E-state index contributed by atoms with van der Waals surface area (Å²) in [5, 5.41) is 0. The highest BCUT2D eigenvalue weighted by Crippen LogP contribution is 2.50. The van der Waals surface area contributed by atoms with Crippen LogP contribution < -0.4 is 0 Å². The molecule has 154 valence electrons. The van der Waals surface area contributed by atoms with Crippen molar-refractivity contribution in [1.82, 2.24) is 0 Å². The smallest absolute Gasteiger partial charge is 0.339 e. The molecule has 2 fully saturated rings. The zero-order valence-corrected chi connectivity index (χ0v) is 21.7. The highest BCUT2D eigenvalue weighted by molar-refractivity contribution is 14.1. The average molecular weight is 745 g/mol. The normalized spacial score (nSPS) is 26.3. The van der Waals surface area contributed by atoms with Crippen molar-refractivity contribution in [3.63, 3.8) is 0 Å². The van der Waals surface area contributed by atoms with E-state index in [2.05, 4.69) is 67.8 Å². The monoisotopic (exact) mass is 745 g/mol. The van der Waals surface area contributed by atoms with Crippen LogP contribution in [0.4, 0.5) is 0 Å². The highest BCUT2D eigenvalue weighted by atomic mass is 127. The third-order valence-electron chi connectivity index (χ3n) is 5.10. The summed E-state index contributed by atoms with van der Waals surface area (Å²) < 4.78 is 45.4. The molecule has 7 nitrogen and oxygen atoms in total. The third-order valence-corrected chi connectivity index (χ3v) is 9.44. The zero-order chi connectivity index (χ0) is 20.6. The lowest BCUT2D eigenvalue weighted by Crippen LogP contribution is -2.35. The van der Waals surface area contributed by atoms with Gasteiger partial charge >= 0.3 is 11.9 Å². The second-order valence-electron chi connectivity index (χ2n) is 6.97. The van der Waals surface area contributed by atoms with Gasteiger partial charge in [0.2, 0.25) is 0 Å². The van der Waals surface area contributed by atoms with Crippen LogP contribution in [0.2, 0.25) is 0 Å². The number of halogens is 3.